The van der Waals surface area contributed by atoms with E-state index >= 15 is 0 Å². The average Bonchev–Trinajstić information content (AvgIpc) is 2.73. The molecule has 0 saturated heterocycles. The van der Waals surface area contributed by atoms with E-state index in [1.807, 2.05) is 45.2 Å². The summed E-state index contributed by atoms with van der Waals surface area (Å²) in [6, 6.07) is 10.2. The van der Waals surface area contributed by atoms with Crippen LogP contribution in [0.25, 0.3) is 0 Å². The van der Waals surface area contributed by atoms with Gasteiger partial charge >= 0.3 is 0 Å². The first-order chi connectivity index (χ1) is 9.45. The van der Waals surface area contributed by atoms with E-state index in [0.29, 0.717) is 6.54 Å². The number of halogens is 1. The van der Waals surface area contributed by atoms with Crippen molar-refractivity contribution < 1.29 is 4.42 Å². The second-order valence-electron chi connectivity index (χ2n) is 5.34. The number of furan rings is 1. The number of benzene rings is 1. The van der Waals surface area contributed by atoms with Crippen LogP contribution in [0.15, 0.2) is 34.7 Å². The van der Waals surface area contributed by atoms with Crippen molar-refractivity contribution in [3.8, 4) is 0 Å². The van der Waals surface area contributed by atoms with Crippen LogP contribution < -0.4 is 10.6 Å². The molecular formula is C16H21ClN2O. The van der Waals surface area contributed by atoms with E-state index in [0.717, 1.165) is 34.2 Å². The van der Waals surface area contributed by atoms with Gasteiger partial charge in [0.25, 0.3) is 0 Å². The predicted molar refractivity (Wildman–Crippen MR) is 84.4 cm³/mol. The first-order valence-electron chi connectivity index (χ1n) is 6.76. The molecule has 2 N–H and O–H groups in total. The van der Waals surface area contributed by atoms with Crippen molar-refractivity contribution in [1.82, 2.24) is 0 Å². The van der Waals surface area contributed by atoms with Crippen molar-refractivity contribution in [3.05, 3.63) is 52.4 Å². The normalized spacial score (nSPS) is 12.4. The molecule has 3 nitrogen and oxygen atoms in total. The van der Waals surface area contributed by atoms with Crippen LogP contribution in [0, 0.1) is 6.92 Å². The molecule has 1 heterocycles. The summed E-state index contributed by atoms with van der Waals surface area (Å²) in [4.78, 5) is 2.08. The lowest BCUT2D eigenvalue weighted by Gasteiger charge is -2.20. The minimum absolute atomic E-state index is 0.140. The molecule has 108 valence electrons. The largest absolute Gasteiger partial charge is 0.464 e. The van der Waals surface area contributed by atoms with E-state index in [2.05, 4.69) is 11.0 Å². The minimum Gasteiger partial charge on any atom is -0.464 e. The zero-order valence-corrected chi connectivity index (χ0v) is 12.9. The van der Waals surface area contributed by atoms with Crippen molar-refractivity contribution in [2.45, 2.75) is 32.9 Å². The summed E-state index contributed by atoms with van der Waals surface area (Å²) in [6.07, 6.45) is 0.834. The predicted octanol–water partition coefficient (Wildman–Crippen LogP) is 3.77. The van der Waals surface area contributed by atoms with Gasteiger partial charge in [0.2, 0.25) is 0 Å². The Bertz CT molecular complexity index is 578. The summed E-state index contributed by atoms with van der Waals surface area (Å²) in [5.74, 6) is 1.85. The fraction of sp³-hybridized carbons (Fsp3) is 0.375. The Hall–Kier alpha value is -1.45. The Morgan fingerprint density at radius 1 is 1.30 bits per heavy atom. The maximum absolute atomic E-state index is 6.37. The second kappa shape index (κ2) is 6.33. The summed E-state index contributed by atoms with van der Waals surface area (Å²) in [7, 11) is 2.00. The van der Waals surface area contributed by atoms with Crippen molar-refractivity contribution >= 4 is 17.3 Å². The molecule has 0 aliphatic heterocycles. The van der Waals surface area contributed by atoms with E-state index in [-0.39, 0.29) is 6.04 Å². The third kappa shape index (κ3) is 3.78. The van der Waals surface area contributed by atoms with Gasteiger partial charge in [0.15, 0.2) is 0 Å². The highest BCUT2D eigenvalue weighted by atomic mass is 35.5. The topological polar surface area (TPSA) is 42.4 Å². The number of rotatable bonds is 5. The van der Waals surface area contributed by atoms with Crippen molar-refractivity contribution in [2.24, 2.45) is 5.73 Å². The van der Waals surface area contributed by atoms with Gasteiger partial charge < -0.3 is 15.1 Å². The van der Waals surface area contributed by atoms with Crippen LogP contribution >= 0.6 is 11.6 Å². The molecule has 0 aliphatic rings. The fourth-order valence-corrected chi connectivity index (χ4v) is 2.60. The van der Waals surface area contributed by atoms with Crippen LogP contribution in [-0.4, -0.2) is 13.1 Å². The molecule has 0 amide bonds. The Labute approximate surface area is 125 Å². The molecule has 4 heteroatoms. The summed E-state index contributed by atoms with van der Waals surface area (Å²) in [6.45, 7) is 4.63. The molecule has 0 fully saturated rings. The van der Waals surface area contributed by atoms with E-state index in [4.69, 9.17) is 21.8 Å². The molecule has 20 heavy (non-hydrogen) atoms. The zero-order chi connectivity index (χ0) is 14.7. The minimum atomic E-state index is 0.140. The molecule has 1 aromatic carbocycles. The summed E-state index contributed by atoms with van der Waals surface area (Å²) in [5.41, 5.74) is 7.97. The summed E-state index contributed by atoms with van der Waals surface area (Å²) in [5, 5.41) is 0.744. The number of nitrogens with two attached hydrogens (primary N) is 1. The Balaban J connectivity index is 2.11. The fourth-order valence-electron chi connectivity index (χ4n) is 2.25. The van der Waals surface area contributed by atoms with Gasteiger partial charge in [-0.25, -0.2) is 0 Å². The zero-order valence-electron chi connectivity index (χ0n) is 12.2. The van der Waals surface area contributed by atoms with Gasteiger partial charge in [0.1, 0.15) is 11.5 Å². The van der Waals surface area contributed by atoms with Gasteiger partial charge in [-0.1, -0.05) is 17.7 Å². The van der Waals surface area contributed by atoms with Crippen molar-refractivity contribution in [1.29, 1.82) is 0 Å². The molecule has 1 aromatic heterocycles. The van der Waals surface area contributed by atoms with E-state index in [1.165, 1.54) is 0 Å². The molecule has 0 saturated carbocycles. The Morgan fingerprint density at radius 2 is 2.05 bits per heavy atom. The Morgan fingerprint density at radius 3 is 2.60 bits per heavy atom. The molecule has 0 radical (unpaired) electrons. The van der Waals surface area contributed by atoms with Gasteiger partial charge in [0, 0.05) is 13.1 Å². The molecule has 0 bridgehead atoms. The van der Waals surface area contributed by atoms with Crippen LogP contribution in [0.4, 0.5) is 5.69 Å². The van der Waals surface area contributed by atoms with Crippen molar-refractivity contribution in [3.63, 3.8) is 0 Å². The SMILES string of the molecule is Cc1ccc(CN(C)c2ccc(CC(C)N)cc2Cl)o1. The molecular weight excluding hydrogens is 272 g/mol. The summed E-state index contributed by atoms with van der Waals surface area (Å²) >= 11 is 6.37. The van der Waals surface area contributed by atoms with Gasteiger partial charge in [-0.05, 0) is 50.1 Å². The monoisotopic (exact) mass is 292 g/mol. The smallest absolute Gasteiger partial charge is 0.123 e. The standard InChI is InChI=1S/C16H21ClN2O/c1-11(18)8-13-5-7-16(15(17)9-13)19(3)10-14-6-4-12(2)20-14/h4-7,9,11H,8,10,18H2,1-3H3. The molecule has 1 unspecified atom stereocenters. The van der Waals surface area contributed by atoms with E-state index in [1.54, 1.807) is 0 Å². The number of hydrogen-bond donors (Lipinski definition) is 1. The maximum Gasteiger partial charge on any atom is 0.123 e. The van der Waals surface area contributed by atoms with Gasteiger partial charge in [-0.15, -0.1) is 0 Å². The van der Waals surface area contributed by atoms with Crippen LogP contribution in [0.1, 0.15) is 24.0 Å². The lowest BCUT2D eigenvalue weighted by atomic mass is 10.1. The summed E-state index contributed by atoms with van der Waals surface area (Å²) < 4.78 is 5.59. The number of anilines is 1. The second-order valence-corrected chi connectivity index (χ2v) is 5.74. The van der Waals surface area contributed by atoms with Crippen LogP contribution in [0.5, 0.6) is 0 Å². The maximum atomic E-state index is 6.37. The van der Waals surface area contributed by atoms with Gasteiger partial charge in [0.05, 0.1) is 17.3 Å². The van der Waals surface area contributed by atoms with Crippen LogP contribution in [0.2, 0.25) is 5.02 Å². The van der Waals surface area contributed by atoms with E-state index < -0.39 is 0 Å². The lowest BCUT2D eigenvalue weighted by molar-refractivity contribution is 0.482. The third-order valence-electron chi connectivity index (χ3n) is 3.17. The molecule has 2 rings (SSSR count). The Kier molecular flexibility index (Phi) is 4.73. The molecule has 1 atom stereocenters. The first kappa shape index (κ1) is 14.9. The van der Waals surface area contributed by atoms with Crippen molar-refractivity contribution in [2.75, 3.05) is 11.9 Å². The van der Waals surface area contributed by atoms with Gasteiger partial charge in [-0.2, -0.15) is 0 Å². The van der Waals surface area contributed by atoms with Gasteiger partial charge in [-0.3, -0.25) is 0 Å². The third-order valence-corrected chi connectivity index (χ3v) is 3.47. The molecule has 2 aromatic rings. The highest BCUT2D eigenvalue weighted by Crippen LogP contribution is 2.27. The highest BCUT2D eigenvalue weighted by Gasteiger charge is 2.10. The van der Waals surface area contributed by atoms with Crippen LogP contribution in [0.3, 0.4) is 0 Å². The highest BCUT2D eigenvalue weighted by molar-refractivity contribution is 6.33. The first-order valence-corrected chi connectivity index (χ1v) is 7.14. The number of nitrogens with zero attached hydrogens (tertiary/aromatic N) is 1. The molecule has 0 aliphatic carbocycles. The van der Waals surface area contributed by atoms with E-state index in [9.17, 15) is 0 Å². The molecule has 0 spiro atoms. The number of hydrogen-bond acceptors (Lipinski definition) is 3. The lowest BCUT2D eigenvalue weighted by Crippen LogP contribution is -2.18. The quantitative estimate of drug-likeness (QED) is 0.912. The van der Waals surface area contributed by atoms with Crippen LogP contribution in [-0.2, 0) is 13.0 Å². The average molecular weight is 293 g/mol. The number of aryl methyl sites for hydroxylation is 1.